The highest BCUT2D eigenvalue weighted by Crippen LogP contribution is 2.16. The molecule has 1 atom stereocenters. The van der Waals surface area contributed by atoms with Crippen LogP contribution in [0.4, 0.5) is 10.1 Å². The molecule has 2 N–H and O–H groups in total. The molecule has 4 heteroatoms. The summed E-state index contributed by atoms with van der Waals surface area (Å²) in [5.41, 5.74) is 0.514. The van der Waals surface area contributed by atoms with E-state index in [9.17, 15) is 9.50 Å². The number of likely N-dealkylation sites (N-methyl/N-ethyl adjacent to an activating group) is 1. The number of para-hydroxylation sites is 1. The third-order valence-electron chi connectivity index (χ3n) is 2.68. The van der Waals surface area contributed by atoms with E-state index in [1.165, 1.54) is 6.07 Å². The Bertz CT molecular complexity index is 357. The van der Waals surface area contributed by atoms with Gasteiger partial charge in [-0.15, -0.1) is 0 Å². The van der Waals surface area contributed by atoms with Crippen molar-refractivity contribution in [1.82, 2.24) is 5.32 Å². The maximum atomic E-state index is 13.5. The molecule has 0 aliphatic carbocycles. The number of rotatable bonds is 7. The highest BCUT2D eigenvalue weighted by molar-refractivity contribution is 5.46. The minimum atomic E-state index is -0.506. The average molecular weight is 254 g/mol. The van der Waals surface area contributed by atoms with Crippen LogP contribution in [0.2, 0.25) is 0 Å². The Kier molecular flexibility index (Phi) is 6.09. The van der Waals surface area contributed by atoms with E-state index in [0.29, 0.717) is 24.7 Å². The van der Waals surface area contributed by atoms with E-state index in [2.05, 4.69) is 19.2 Å². The molecule has 3 nitrogen and oxygen atoms in total. The zero-order valence-corrected chi connectivity index (χ0v) is 11.4. The van der Waals surface area contributed by atoms with Crippen molar-refractivity contribution >= 4 is 5.69 Å². The van der Waals surface area contributed by atoms with E-state index in [-0.39, 0.29) is 5.82 Å². The van der Waals surface area contributed by atoms with Gasteiger partial charge in [0.2, 0.25) is 0 Å². The number of aliphatic hydroxyl groups is 1. The van der Waals surface area contributed by atoms with Crippen molar-refractivity contribution in [2.75, 3.05) is 31.6 Å². The number of halogens is 1. The summed E-state index contributed by atoms with van der Waals surface area (Å²) in [5, 5.41) is 13.0. The molecule has 0 bridgehead atoms. The van der Waals surface area contributed by atoms with Crippen molar-refractivity contribution in [3.05, 3.63) is 30.1 Å². The zero-order chi connectivity index (χ0) is 13.5. The molecule has 1 aromatic rings. The molecular weight excluding hydrogens is 231 g/mol. The number of nitrogens with one attached hydrogen (secondary N) is 1. The van der Waals surface area contributed by atoms with Gasteiger partial charge in [0.05, 0.1) is 11.8 Å². The quantitative estimate of drug-likeness (QED) is 0.779. The molecule has 0 aromatic heterocycles. The van der Waals surface area contributed by atoms with Crippen LogP contribution in [0, 0.1) is 11.7 Å². The van der Waals surface area contributed by atoms with E-state index in [1.54, 1.807) is 30.1 Å². The molecule has 1 rings (SSSR count). The van der Waals surface area contributed by atoms with Crippen molar-refractivity contribution in [3.63, 3.8) is 0 Å². The van der Waals surface area contributed by atoms with Crippen molar-refractivity contribution in [2.24, 2.45) is 5.92 Å². The summed E-state index contributed by atoms with van der Waals surface area (Å²) in [5.74, 6) is 0.295. The number of hydrogen-bond donors (Lipinski definition) is 2. The van der Waals surface area contributed by atoms with E-state index < -0.39 is 6.10 Å². The molecule has 0 aliphatic rings. The summed E-state index contributed by atoms with van der Waals surface area (Å²) in [6.07, 6.45) is -0.506. The van der Waals surface area contributed by atoms with Crippen molar-refractivity contribution < 1.29 is 9.50 Å². The van der Waals surface area contributed by atoms with E-state index in [1.807, 2.05) is 0 Å². The lowest BCUT2D eigenvalue weighted by Gasteiger charge is -2.23. The zero-order valence-electron chi connectivity index (χ0n) is 11.4. The van der Waals surface area contributed by atoms with Gasteiger partial charge in [0.15, 0.2) is 0 Å². The lowest BCUT2D eigenvalue weighted by atomic mass is 10.2. The molecule has 1 aromatic carbocycles. The Balaban J connectivity index is 2.40. The number of hydrogen-bond acceptors (Lipinski definition) is 3. The highest BCUT2D eigenvalue weighted by Gasteiger charge is 2.11. The minimum Gasteiger partial charge on any atom is -0.390 e. The van der Waals surface area contributed by atoms with Gasteiger partial charge in [-0.3, -0.25) is 0 Å². The van der Waals surface area contributed by atoms with E-state index >= 15 is 0 Å². The third-order valence-corrected chi connectivity index (χ3v) is 2.68. The maximum Gasteiger partial charge on any atom is 0.146 e. The van der Waals surface area contributed by atoms with Crippen LogP contribution in [0.25, 0.3) is 0 Å². The third kappa shape index (κ3) is 5.02. The number of anilines is 1. The van der Waals surface area contributed by atoms with E-state index in [0.717, 1.165) is 6.54 Å². The first-order chi connectivity index (χ1) is 8.50. The normalized spacial score (nSPS) is 12.8. The summed E-state index contributed by atoms with van der Waals surface area (Å²) < 4.78 is 13.5. The average Bonchev–Trinajstić information content (AvgIpc) is 2.28. The Morgan fingerprint density at radius 1 is 1.28 bits per heavy atom. The molecule has 0 heterocycles. The van der Waals surface area contributed by atoms with Gasteiger partial charge in [-0.25, -0.2) is 4.39 Å². The van der Waals surface area contributed by atoms with Gasteiger partial charge in [0, 0.05) is 20.1 Å². The van der Waals surface area contributed by atoms with Crippen LogP contribution in [0.1, 0.15) is 13.8 Å². The predicted molar refractivity (Wildman–Crippen MR) is 73.4 cm³/mol. The van der Waals surface area contributed by atoms with Crippen LogP contribution >= 0.6 is 0 Å². The number of benzene rings is 1. The van der Waals surface area contributed by atoms with E-state index in [4.69, 9.17) is 0 Å². The Labute approximate surface area is 109 Å². The van der Waals surface area contributed by atoms with Crippen LogP contribution in [0.5, 0.6) is 0 Å². The van der Waals surface area contributed by atoms with Gasteiger partial charge in [0.25, 0.3) is 0 Å². The van der Waals surface area contributed by atoms with Crippen LogP contribution in [-0.4, -0.2) is 37.9 Å². The molecule has 0 amide bonds. The fourth-order valence-electron chi connectivity index (χ4n) is 1.78. The van der Waals surface area contributed by atoms with Crippen molar-refractivity contribution in [2.45, 2.75) is 20.0 Å². The second kappa shape index (κ2) is 7.34. The molecule has 0 fully saturated rings. The summed E-state index contributed by atoms with van der Waals surface area (Å²) >= 11 is 0. The standard InChI is InChI=1S/C14H23FN2O/c1-11(2)8-16-9-12(18)10-17(3)14-7-5-4-6-13(14)15/h4-7,11-12,16,18H,8-10H2,1-3H3. The van der Waals surface area contributed by atoms with Crippen molar-refractivity contribution in [3.8, 4) is 0 Å². The Morgan fingerprint density at radius 2 is 1.94 bits per heavy atom. The van der Waals surface area contributed by atoms with Gasteiger partial charge in [-0.1, -0.05) is 26.0 Å². The molecule has 0 radical (unpaired) electrons. The lowest BCUT2D eigenvalue weighted by molar-refractivity contribution is 0.176. The Hall–Kier alpha value is -1.13. The second-order valence-electron chi connectivity index (χ2n) is 5.04. The monoisotopic (exact) mass is 254 g/mol. The summed E-state index contributed by atoms with van der Waals surface area (Å²) in [4.78, 5) is 1.73. The van der Waals surface area contributed by atoms with Crippen LogP contribution < -0.4 is 10.2 Å². The predicted octanol–water partition coefficient (Wildman–Crippen LogP) is 1.87. The molecule has 0 saturated carbocycles. The maximum absolute atomic E-state index is 13.5. The summed E-state index contributed by atoms with van der Waals surface area (Å²) in [7, 11) is 1.78. The van der Waals surface area contributed by atoms with Gasteiger partial charge in [-0.05, 0) is 24.6 Å². The van der Waals surface area contributed by atoms with Crippen molar-refractivity contribution in [1.29, 1.82) is 0 Å². The van der Waals surface area contributed by atoms with Gasteiger partial charge < -0.3 is 15.3 Å². The minimum absolute atomic E-state index is 0.262. The fraction of sp³-hybridized carbons (Fsp3) is 0.571. The van der Waals surface area contributed by atoms with Crippen LogP contribution in [-0.2, 0) is 0 Å². The second-order valence-corrected chi connectivity index (χ2v) is 5.04. The molecule has 18 heavy (non-hydrogen) atoms. The van der Waals surface area contributed by atoms with Gasteiger partial charge >= 0.3 is 0 Å². The van der Waals surface area contributed by atoms with Gasteiger partial charge in [-0.2, -0.15) is 0 Å². The first-order valence-corrected chi connectivity index (χ1v) is 6.35. The number of aliphatic hydroxyl groups excluding tert-OH is 1. The van der Waals surface area contributed by atoms with Gasteiger partial charge in [0.1, 0.15) is 5.82 Å². The molecule has 1 unspecified atom stereocenters. The smallest absolute Gasteiger partial charge is 0.146 e. The summed E-state index contributed by atoms with van der Waals surface area (Å²) in [6, 6.07) is 6.59. The Morgan fingerprint density at radius 3 is 2.56 bits per heavy atom. The first-order valence-electron chi connectivity index (χ1n) is 6.35. The largest absolute Gasteiger partial charge is 0.390 e. The van der Waals surface area contributed by atoms with Crippen LogP contribution in [0.15, 0.2) is 24.3 Å². The molecule has 0 spiro atoms. The molecular formula is C14H23FN2O. The number of nitrogens with zero attached hydrogens (tertiary/aromatic N) is 1. The molecule has 0 aliphatic heterocycles. The highest BCUT2D eigenvalue weighted by atomic mass is 19.1. The summed E-state index contributed by atoms with van der Waals surface area (Å²) in [6.45, 7) is 6.04. The van der Waals surface area contributed by atoms with Crippen LogP contribution in [0.3, 0.4) is 0 Å². The first kappa shape index (κ1) is 14.9. The topological polar surface area (TPSA) is 35.5 Å². The molecule has 102 valence electrons. The lowest BCUT2D eigenvalue weighted by Crippen LogP contribution is -2.37. The fourth-order valence-corrected chi connectivity index (χ4v) is 1.78. The molecule has 0 saturated heterocycles. The SMILES string of the molecule is CC(C)CNCC(O)CN(C)c1ccccc1F.